The van der Waals surface area contributed by atoms with E-state index in [9.17, 15) is 0 Å². The third-order valence-corrected chi connectivity index (χ3v) is 3.18. The van der Waals surface area contributed by atoms with E-state index in [1.165, 1.54) is 0 Å². The van der Waals surface area contributed by atoms with Crippen LogP contribution in [0, 0.1) is 34.5 Å². The number of hydrogen-bond donors (Lipinski definition) is 0. The van der Waals surface area contributed by atoms with Crippen molar-refractivity contribution in [1.82, 2.24) is 0 Å². The van der Waals surface area contributed by atoms with E-state index in [1.807, 2.05) is 24.3 Å². The van der Waals surface area contributed by atoms with Gasteiger partial charge in [-0.2, -0.15) is 10.5 Å². The second kappa shape index (κ2) is 9.82. The largest absolute Gasteiger partial charge is 0.364 e. The Kier molecular flexibility index (Phi) is 7.06. The molecular formula is C20H16N2O2. The minimum Gasteiger partial charge on any atom is -0.364 e. The molecule has 0 aliphatic rings. The van der Waals surface area contributed by atoms with E-state index in [0.29, 0.717) is 37.6 Å². The molecule has 118 valence electrons. The summed E-state index contributed by atoms with van der Waals surface area (Å²) in [5, 5.41) is 17.4. The van der Waals surface area contributed by atoms with Gasteiger partial charge < -0.3 is 9.47 Å². The van der Waals surface area contributed by atoms with Gasteiger partial charge >= 0.3 is 0 Å². The Morgan fingerprint density at radius 3 is 1.33 bits per heavy atom. The van der Waals surface area contributed by atoms with Gasteiger partial charge in [0.25, 0.3) is 0 Å². The van der Waals surface area contributed by atoms with Gasteiger partial charge in [0.2, 0.25) is 0 Å². The van der Waals surface area contributed by atoms with Crippen molar-refractivity contribution in [3.63, 3.8) is 0 Å². The minimum absolute atomic E-state index is 0.334. The van der Waals surface area contributed by atoms with Crippen molar-refractivity contribution in [3.8, 4) is 24.0 Å². The van der Waals surface area contributed by atoms with Gasteiger partial charge in [0, 0.05) is 0 Å². The number of nitriles is 2. The van der Waals surface area contributed by atoms with Crippen molar-refractivity contribution in [2.75, 3.05) is 13.2 Å². The Balaban J connectivity index is 1.60. The van der Waals surface area contributed by atoms with Gasteiger partial charge in [0.15, 0.2) is 0 Å². The zero-order valence-corrected chi connectivity index (χ0v) is 13.2. The first kappa shape index (κ1) is 17.3. The monoisotopic (exact) mass is 316 g/mol. The molecule has 2 aromatic rings. The van der Waals surface area contributed by atoms with E-state index in [2.05, 4.69) is 24.0 Å². The van der Waals surface area contributed by atoms with Crippen molar-refractivity contribution >= 4 is 0 Å². The van der Waals surface area contributed by atoms with Gasteiger partial charge in [-0.25, -0.2) is 0 Å². The fourth-order valence-electron chi connectivity index (χ4n) is 1.89. The molecule has 2 rings (SSSR count). The Morgan fingerprint density at radius 2 is 1.00 bits per heavy atom. The predicted octanol–water partition coefficient (Wildman–Crippen LogP) is 3.17. The zero-order chi connectivity index (χ0) is 17.0. The van der Waals surface area contributed by atoms with Crippen LogP contribution >= 0.6 is 0 Å². The van der Waals surface area contributed by atoms with Crippen LogP contribution in [0.2, 0.25) is 0 Å². The van der Waals surface area contributed by atoms with Crippen molar-refractivity contribution in [3.05, 3.63) is 70.8 Å². The lowest BCUT2D eigenvalue weighted by Crippen LogP contribution is -1.95. The van der Waals surface area contributed by atoms with Crippen molar-refractivity contribution in [1.29, 1.82) is 10.5 Å². The van der Waals surface area contributed by atoms with Crippen LogP contribution in [-0.4, -0.2) is 13.2 Å². The van der Waals surface area contributed by atoms with Gasteiger partial charge in [-0.05, 0) is 35.4 Å². The lowest BCUT2D eigenvalue weighted by molar-refractivity contribution is 0.148. The second-order valence-corrected chi connectivity index (χ2v) is 4.96. The van der Waals surface area contributed by atoms with Crippen LogP contribution in [-0.2, 0) is 22.7 Å². The topological polar surface area (TPSA) is 66.0 Å². The molecule has 0 aliphatic carbocycles. The van der Waals surface area contributed by atoms with Crippen LogP contribution in [0.15, 0.2) is 48.5 Å². The van der Waals surface area contributed by atoms with Crippen LogP contribution in [0.25, 0.3) is 0 Å². The quantitative estimate of drug-likeness (QED) is 0.606. The number of ether oxygens (including phenoxy) is 2. The lowest BCUT2D eigenvalue weighted by Gasteiger charge is -2.01. The maximum absolute atomic E-state index is 8.72. The summed E-state index contributed by atoms with van der Waals surface area (Å²) in [7, 11) is 0. The molecule has 0 aliphatic heterocycles. The highest BCUT2D eigenvalue weighted by Crippen LogP contribution is 2.05. The SMILES string of the molecule is N#Cc1ccc(COCC#CCOCc2ccc(C#N)cc2)cc1. The first-order valence-corrected chi connectivity index (χ1v) is 7.41. The highest BCUT2D eigenvalue weighted by molar-refractivity contribution is 5.32. The van der Waals surface area contributed by atoms with Crippen molar-refractivity contribution in [2.24, 2.45) is 0 Å². The molecule has 0 saturated carbocycles. The highest BCUT2D eigenvalue weighted by Gasteiger charge is 1.94. The molecule has 0 aromatic heterocycles. The molecule has 0 radical (unpaired) electrons. The van der Waals surface area contributed by atoms with Crippen LogP contribution < -0.4 is 0 Å². The molecule has 2 aromatic carbocycles. The Bertz CT molecular complexity index is 718. The van der Waals surface area contributed by atoms with Gasteiger partial charge in [-0.15, -0.1) is 0 Å². The zero-order valence-electron chi connectivity index (χ0n) is 13.2. The van der Waals surface area contributed by atoms with E-state index >= 15 is 0 Å². The summed E-state index contributed by atoms with van der Waals surface area (Å²) < 4.78 is 10.9. The van der Waals surface area contributed by atoms with E-state index < -0.39 is 0 Å². The molecule has 0 amide bonds. The average molecular weight is 316 g/mol. The summed E-state index contributed by atoms with van der Waals surface area (Å²) in [6.07, 6.45) is 0. The molecule has 0 saturated heterocycles. The summed E-state index contributed by atoms with van der Waals surface area (Å²) >= 11 is 0. The summed E-state index contributed by atoms with van der Waals surface area (Å²) in [6, 6.07) is 18.7. The maximum atomic E-state index is 8.72. The van der Waals surface area contributed by atoms with E-state index in [1.54, 1.807) is 24.3 Å². The molecule has 0 N–H and O–H groups in total. The van der Waals surface area contributed by atoms with E-state index in [-0.39, 0.29) is 0 Å². The van der Waals surface area contributed by atoms with Crippen molar-refractivity contribution in [2.45, 2.75) is 13.2 Å². The van der Waals surface area contributed by atoms with Crippen LogP contribution in [0.1, 0.15) is 22.3 Å². The Morgan fingerprint density at radius 1 is 0.625 bits per heavy atom. The van der Waals surface area contributed by atoms with Gasteiger partial charge in [-0.1, -0.05) is 36.1 Å². The molecule has 0 atom stereocenters. The third kappa shape index (κ3) is 5.95. The van der Waals surface area contributed by atoms with Crippen LogP contribution in [0.5, 0.6) is 0 Å². The summed E-state index contributed by atoms with van der Waals surface area (Å²) in [6.45, 7) is 1.60. The number of benzene rings is 2. The van der Waals surface area contributed by atoms with Crippen LogP contribution in [0.3, 0.4) is 0 Å². The summed E-state index contributed by atoms with van der Waals surface area (Å²) in [5.74, 6) is 5.78. The van der Waals surface area contributed by atoms with Gasteiger partial charge in [-0.3, -0.25) is 0 Å². The molecule has 0 heterocycles. The maximum Gasteiger partial charge on any atom is 0.108 e. The fraction of sp³-hybridized carbons (Fsp3) is 0.200. The molecule has 4 nitrogen and oxygen atoms in total. The predicted molar refractivity (Wildman–Crippen MR) is 89.4 cm³/mol. The Labute approximate surface area is 141 Å². The second-order valence-electron chi connectivity index (χ2n) is 4.96. The number of rotatable bonds is 6. The average Bonchev–Trinajstić information content (AvgIpc) is 2.65. The normalized spacial score (nSPS) is 9.42. The molecule has 0 fully saturated rings. The minimum atomic E-state index is 0.334. The van der Waals surface area contributed by atoms with Gasteiger partial charge in [0.05, 0.1) is 36.5 Å². The van der Waals surface area contributed by atoms with Crippen LogP contribution in [0.4, 0.5) is 0 Å². The van der Waals surface area contributed by atoms with Crippen molar-refractivity contribution < 1.29 is 9.47 Å². The Hall–Kier alpha value is -3.10. The lowest BCUT2D eigenvalue weighted by atomic mass is 10.2. The molecule has 24 heavy (non-hydrogen) atoms. The smallest absolute Gasteiger partial charge is 0.108 e. The van der Waals surface area contributed by atoms with E-state index in [4.69, 9.17) is 20.0 Å². The third-order valence-electron chi connectivity index (χ3n) is 3.18. The number of hydrogen-bond acceptors (Lipinski definition) is 4. The van der Waals surface area contributed by atoms with Gasteiger partial charge in [0.1, 0.15) is 13.2 Å². The van der Waals surface area contributed by atoms with E-state index in [0.717, 1.165) is 11.1 Å². The molecule has 0 unspecified atom stereocenters. The molecular weight excluding hydrogens is 300 g/mol. The molecule has 4 heteroatoms. The molecule has 0 spiro atoms. The number of nitrogens with zero attached hydrogens (tertiary/aromatic N) is 2. The first-order valence-electron chi connectivity index (χ1n) is 7.41. The molecule has 0 bridgehead atoms. The highest BCUT2D eigenvalue weighted by atomic mass is 16.5. The standard InChI is InChI=1S/C20H16N2O2/c21-13-17-3-7-19(8-4-17)15-23-11-1-2-12-24-16-20-9-5-18(14-22)6-10-20/h3-10H,11-12,15-16H2. The fourth-order valence-corrected chi connectivity index (χ4v) is 1.89. The summed E-state index contributed by atoms with van der Waals surface area (Å²) in [4.78, 5) is 0. The first-order chi connectivity index (χ1) is 11.8. The summed E-state index contributed by atoms with van der Waals surface area (Å²) in [5.41, 5.74) is 3.29.